The van der Waals surface area contributed by atoms with E-state index in [1.165, 1.54) is 6.42 Å². The molecule has 5 heteroatoms. The van der Waals surface area contributed by atoms with Gasteiger partial charge in [-0.25, -0.2) is 0 Å². The van der Waals surface area contributed by atoms with Crippen molar-refractivity contribution in [3.63, 3.8) is 0 Å². The van der Waals surface area contributed by atoms with Gasteiger partial charge in [-0.3, -0.25) is 4.79 Å². The van der Waals surface area contributed by atoms with Crippen molar-refractivity contribution < 1.29 is 14.3 Å². The van der Waals surface area contributed by atoms with E-state index in [-0.39, 0.29) is 11.5 Å². The third-order valence-electron chi connectivity index (χ3n) is 4.76. The molecule has 2 fully saturated rings. The average molecular weight is 309 g/mol. The van der Waals surface area contributed by atoms with E-state index in [0.29, 0.717) is 25.5 Å². The van der Waals surface area contributed by atoms with Gasteiger partial charge < -0.3 is 14.4 Å². The summed E-state index contributed by atoms with van der Waals surface area (Å²) < 4.78 is 11.5. The van der Waals surface area contributed by atoms with E-state index < -0.39 is 0 Å². The molecule has 0 unspecified atom stereocenters. The molecule has 2 heterocycles. The Labute approximate surface area is 130 Å². The largest absolute Gasteiger partial charge is 0.384 e. The second-order valence-electron chi connectivity index (χ2n) is 6.08. The number of rotatable bonds is 4. The van der Waals surface area contributed by atoms with Crippen LogP contribution >= 0.6 is 11.3 Å². The summed E-state index contributed by atoms with van der Waals surface area (Å²) in [4.78, 5) is 14.5. The van der Waals surface area contributed by atoms with Gasteiger partial charge in [-0.2, -0.15) is 11.3 Å². The van der Waals surface area contributed by atoms with Crippen LogP contribution in [0.15, 0.2) is 16.8 Å². The molecule has 116 valence electrons. The van der Waals surface area contributed by atoms with E-state index in [1.807, 2.05) is 16.3 Å². The van der Waals surface area contributed by atoms with Crippen molar-refractivity contribution in [2.45, 2.75) is 31.3 Å². The van der Waals surface area contributed by atoms with E-state index in [4.69, 9.17) is 9.47 Å². The molecule has 1 amide bonds. The average Bonchev–Trinajstić information content (AvgIpc) is 3.11. The number of nitrogens with zero attached hydrogens (tertiary/aromatic N) is 1. The lowest BCUT2D eigenvalue weighted by Gasteiger charge is -2.44. The Morgan fingerprint density at radius 1 is 1.62 bits per heavy atom. The fourth-order valence-corrected chi connectivity index (χ4v) is 4.32. The second-order valence-corrected chi connectivity index (χ2v) is 6.86. The highest BCUT2D eigenvalue weighted by Crippen LogP contribution is 2.41. The molecule has 0 bridgehead atoms. The molecule has 1 aliphatic heterocycles. The molecule has 1 saturated carbocycles. The number of hydrogen-bond donors (Lipinski definition) is 0. The molecule has 1 aromatic rings. The molecule has 1 aliphatic carbocycles. The first-order valence-electron chi connectivity index (χ1n) is 7.65. The summed E-state index contributed by atoms with van der Waals surface area (Å²) in [6, 6.07) is 2.03. The number of ether oxygens (including phenoxy) is 2. The van der Waals surface area contributed by atoms with E-state index >= 15 is 0 Å². The van der Waals surface area contributed by atoms with Gasteiger partial charge in [-0.1, -0.05) is 6.42 Å². The maximum absolute atomic E-state index is 12.5. The Bertz CT molecular complexity index is 476. The van der Waals surface area contributed by atoms with Crippen LogP contribution in [-0.2, 0) is 20.7 Å². The molecule has 0 N–H and O–H groups in total. The molecule has 0 radical (unpaired) electrons. The van der Waals surface area contributed by atoms with Gasteiger partial charge in [0.05, 0.1) is 31.8 Å². The lowest BCUT2D eigenvalue weighted by molar-refractivity contribution is -0.160. The van der Waals surface area contributed by atoms with Crippen LogP contribution < -0.4 is 0 Å². The zero-order chi connectivity index (χ0) is 14.7. The normalized spacial score (nSPS) is 29.2. The highest BCUT2D eigenvalue weighted by Gasteiger charge is 2.47. The molecule has 3 rings (SSSR count). The smallest absolute Gasteiger partial charge is 0.227 e. The van der Waals surface area contributed by atoms with Crippen LogP contribution in [0.1, 0.15) is 24.8 Å². The predicted octanol–water partition coefficient (Wildman–Crippen LogP) is 2.33. The highest BCUT2D eigenvalue weighted by atomic mass is 32.1. The molecule has 1 saturated heterocycles. The molecular weight excluding hydrogens is 286 g/mol. The van der Waals surface area contributed by atoms with E-state index in [2.05, 4.69) is 5.38 Å². The summed E-state index contributed by atoms with van der Waals surface area (Å²) in [5.41, 5.74) is 0.948. The Morgan fingerprint density at radius 3 is 3.29 bits per heavy atom. The van der Waals surface area contributed by atoms with Crippen LogP contribution in [0.4, 0.5) is 0 Å². The van der Waals surface area contributed by atoms with Crippen molar-refractivity contribution in [2.24, 2.45) is 5.92 Å². The maximum atomic E-state index is 12.5. The lowest BCUT2D eigenvalue weighted by Crippen LogP contribution is -2.56. The van der Waals surface area contributed by atoms with Crippen LogP contribution in [0.3, 0.4) is 0 Å². The second kappa shape index (κ2) is 6.46. The van der Waals surface area contributed by atoms with Crippen LogP contribution in [0.2, 0.25) is 0 Å². The molecule has 4 nitrogen and oxygen atoms in total. The zero-order valence-corrected chi connectivity index (χ0v) is 13.4. The summed E-state index contributed by atoms with van der Waals surface area (Å²) in [5.74, 6) is 0.637. The van der Waals surface area contributed by atoms with Crippen LogP contribution in [0.5, 0.6) is 0 Å². The van der Waals surface area contributed by atoms with E-state index in [9.17, 15) is 4.79 Å². The van der Waals surface area contributed by atoms with Crippen molar-refractivity contribution in [1.29, 1.82) is 0 Å². The number of carbonyl (C=O) groups excluding carboxylic acids is 1. The summed E-state index contributed by atoms with van der Waals surface area (Å²) in [6.45, 7) is 2.82. The Balaban J connectivity index is 1.66. The van der Waals surface area contributed by atoms with Gasteiger partial charge in [-0.15, -0.1) is 0 Å². The number of carbonyl (C=O) groups is 1. The summed E-state index contributed by atoms with van der Waals surface area (Å²) >= 11 is 1.64. The minimum Gasteiger partial charge on any atom is -0.384 e. The molecule has 0 aromatic carbocycles. The number of morpholine rings is 1. The third kappa shape index (κ3) is 3.15. The van der Waals surface area contributed by atoms with Crippen molar-refractivity contribution in [3.8, 4) is 0 Å². The first-order chi connectivity index (χ1) is 10.2. The van der Waals surface area contributed by atoms with Crippen molar-refractivity contribution in [3.05, 3.63) is 22.4 Å². The predicted molar refractivity (Wildman–Crippen MR) is 82.5 cm³/mol. The molecule has 21 heavy (non-hydrogen) atoms. The Morgan fingerprint density at radius 2 is 2.52 bits per heavy atom. The first kappa shape index (κ1) is 15.0. The van der Waals surface area contributed by atoms with Crippen LogP contribution in [-0.4, -0.2) is 49.8 Å². The Kier molecular flexibility index (Phi) is 4.62. The van der Waals surface area contributed by atoms with E-state index in [0.717, 1.165) is 31.6 Å². The van der Waals surface area contributed by atoms with Gasteiger partial charge in [0.15, 0.2) is 0 Å². The van der Waals surface area contributed by atoms with Crippen molar-refractivity contribution in [1.82, 2.24) is 4.90 Å². The number of amides is 1. The third-order valence-corrected chi connectivity index (χ3v) is 5.49. The quantitative estimate of drug-likeness (QED) is 0.857. The van der Waals surface area contributed by atoms with Crippen molar-refractivity contribution >= 4 is 17.2 Å². The highest BCUT2D eigenvalue weighted by molar-refractivity contribution is 7.07. The number of methoxy groups -OCH3 is 1. The summed E-state index contributed by atoms with van der Waals surface area (Å²) in [6.07, 6.45) is 3.86. The maximum Gasteiger partial charge on any atom is 0.227 e. The van der Waals surface area contributed by atoms with Gasteiger partial charge in [0.25, 0.3) is 0 Å². The zero-order valence-electron chi connectivity index (χ0n) is 12.5. The van der Waals surface area contributed by atoms with E-state index in [1.54, 1.807) is 18.4 Å². The molecule has 1 aromatic heterocycles. The topological polar surface area (TPSA) is 38.8 Å². The monoisotopic (exact) mass is 309 g/mol. The molecule has 2 aliphatic rings. The van der Waals surface area contributed by atoms with Crippen LogP contribution in [0, 0.1) is 5.92 Å². The van der Waals surface area contributed by atoms with Gasteiger partial charge in [-0.05, 0) is 35.2 Å². The first-order valence-corrected chi connectivity index (χ1v) is 8.59. The summed E-state index contributed by atoms with van der Waals surface area (Å²) in [7, 11) is 1.74. The minimum atomic E-state index is -0.168. The standard InChI is InChI=1S/C16H23NO3S/c1-19-10-14-3-2-5-16(14)12-17(6-7-20-16)15(18)9-13-4-8-21-11-13/h4,8,11,14H,2-3,5-7,9-10,12H2,1H3/t14-,16+/m1/s1. The fourth-order valence-electron chi connectivity index (χ4n) is 3.65. The van der Waals surface area contributed by atoms with Gasteiger partial charge in [0, 0.05) is 19.6 Å². The SMILES string of the molecule is COC[C@H]1CCC[C@]12CN(C(=O)Cc1ccsc1)CCO2. The van der Waals surface area contributed by atoms with Crippen molar-refractivity contribution in [2.75, 3.05) is 33.4 Å². The minimum absolute atomic E-state index is 0.168. The van der Waals surface area contributed by atoms with Gasteiger partial charge >= 0.3 is 0 Å². The lowest BCUT2D eigenvalue weighted by atomic mass is 9.89. The van der Waals surface area contributed by atoms with Crippen LogP contribution in [0.25, 0.3) is 0 Å². The fraction of sp³-hybridized carbons (Fsp3) is 0.688. The van der Waals surface area contributed by atoms with Gasteiger partial charge in [0.1, 0.15) is 0 Å². The van der Waals surface area contributed by atoms with Gasteiger partial charge in [0.2, 0.25) is 5.91 Å². The molecular formula is C16H23NO3S. The molecule has 2 atom stereocenters. The number of thiophene rings is 1. The summed E-state index contributed by atoms with van der Waals surface area (Å²) in [5, 5.41) is 4.08. The Hall–Kier alpha value is -0.910. The number of hydrogen-bond acceptors (Lipinski definition) is 4. The molecule has 1 spiro atoms.